The Kier molecular flexibility index (Phi) is 5.59. The van der Waals surface area contributed by atoms with Crippen LogP contribution < -0.4 is 0 Å². The van der Waals surface area contributed by atoms with Gasteiger partial charge in [-0.2, -0.15) is 0 Å². The van der Waals surface area contributed by atoms with E-state index in [4.69, 9.17) is 9.72 Å². The third-order valence-electron chi connectivity index (χ3n) is 4.50. The summed E-state index contributed by atoms with van der Waals surface area (Å²) in [5.74, 6) is 1.72. The van der Waals surface area contributed by atoms with Crippen molar-refractivity contribution >= 4 is 45.8 Å². The van der Waals surface area contributed by atoms with E-state index in [2.05, 4.69) is 55.2 Å². The molecule has 1 aliphatic rings. The average Bonchev–Trinajstić information content (AvgIpc) is 3.53. The monoisotopic (exact) mass is 446 g/mol. The molecule has 1 atom stereocenters. The normalized spacial score (nSPS) is 16.8. The van der Waals surface area contributed by atoms with Gasteiger partial charge in [-0.1, -0.05) is 23.9 Å². The highest BCUT2D eigenvalue weighted by Gasteiger charge is 2.22. The Morgan fingerprint density at radius 3 is 2.71 bits per heavy atom. The maximum Gasteiger partial charge on any atom is 0.191 e. The number of thiophene rings is 2. The predicted molar refractivity (Wildman–Crippen MR) is 117 cm³/mol. The lowest BCUT2D eigenvalue weighted by Gasteiger charge is -2.14. The van der Waals surface area contributed by atoms with Gasteiger partial charge in [-0.05, 0) is 35.7 Å². The van der Waals surface area contributed by atoms with E-state index in [-0.39, 0.29) is 6.10 Å². The summed E-state index contributed by atoms with van der Waals surface area (Å²) in [6, 6.07) is 8.34. The molecule has 1 aliphatic heterocycles. The van der Waals surface area contributed by atoms with E-state index in [9.17, 15) is 0 Å². The van der Waals surface area contributed by atoms with Gasteiger partial charge in [-0.3, -0.25) is 4.57 Å². The van der Waals surface area contributed by atoms with Gasteiger partial charge in [-0.25, -0.2) is 4.98 Å². The van der Waals surface area contributed by atoms with Crippen LogP contribution in [0.15, 0.2) is 45.6 Å². The number of thioether (sulfide) groups is 1. The highest BCUT2D eigenvalue weighted by atomic mass is 32.2. The molecule has 0 bridgehead atoms. The fourth-order valence-corrected chi connectivity index (χ4v) is 6.46. The van der Waals surface area contributed by atoms with Gasteiger partial charge in [0.25, 0.3) is 0 Å². The van der Waals surface area contributed by atoms with E-state index in [0.29, 0.717) is 0 Å². The Balaban J connectivity index is 1.35. The zero-order chi connectivity index (χ0) is 18.8. The van der Waals surface area contributed by atoms with Crippen molar-refractivity contribution in [3.8, 4) is 20.6 Å². The van der Waals surface area contributed by atoms with Crippen molar-refractivity contribution in [2.75, 3.05) is 6.61 Å². The van der Waals surface area contributed by atoms with E-state index in [1.165, 1.54) is 4.88 Å². The summed E-state index contributed by atoms with van der Waals surface area (Å²) in [6.45, 7) is 1.66. The van der Waals surface area contributed by atoms with E-state index < -0.39 is 0 Å². The molecule has 28 heavy (non-hydrogen) atoms. The zero-order valence-corrected chi connectivity index (χ0v) is 18.3. The van der Waals surface area contributed by atoms with Crippen LogP contribution in [0.2, 0.25) is 0 Å². The van der Waals surface area contributed by atoms with Gasteiger partial charge < -0.3 is 4.74 Å². The quantitative estimate of drug-likeness (QED) is 0.343. The van der Waals surface area contributed by atoms with Crippen molar-refractivity contribution in [2.24, 2.45) is 0 Å². The molecule has 144 valence electrons. The zero-order valence-electron chi connectivity index (χ0n) is 15.0. The summed E-state index contributed by atoms with van der Waals surface area (Å²) in [5, 5.41) is 17.3. The molecule has 0 radical (unpaired) electrons. The highest BCUT2D eigenvalue weighted by molar-refractivity contribution is 7.98. The van der Waals surface area contributed by atoms with Crippen LogP contribution in [0.1, 0.15) is 18.5 Å². The molecule has 0 aliphatic carbocycles. The van der Waals surface area contributed by atoms with Crippen LogP contribution in [0.5, 0.6) is 0 Å². The van der Waals surface area contributed by atoms with Crippen molar-refractivity contribution in [1.29, 1.82) is 0 Å². The minimum atomic E-state index is 0.249. The minimum Gasteiger partial charge on any atom is -0.376 e. The molecule has 1 fully saturated rings. The van der Waals surface area contributed by atoms with E-state index in [1.807, 2.05) is 0 Å². The first-order valence-electron chi connectivity index (χ1n) is 9.06. The maximum atomic E-state index is 5.87. The first kappa shape index (κ1) is 18.5. The summed E-state index contributed by atoms with van der Waals surface area (Å²) in [4.78, 5) is 7.15. The Morgan fingerprint density at radius 1 is 1.11 bits per heavy atom. The number of hydrogen-bond donors (Lipinski definition) is 0. The number of aromatic nitrogens is 4. The number of thiazole rings is 1. The Bertz CT molecular complexity index is 1020. The first-order valence-corrected chi connectivity index (χ1v) is 12.7. The van der Waals surface area contributed by atoms with Crippen molar-refractivity contribution in [3.63, 3.8) is 0 Å². The van der Waals surface area contributed by atoms with Gasteiger partial charge in [-0.15, -0.1) is 44.2 Å². The Morgan fingerprint density at radius 2 is 1.96 bits per heavy atom. The van der Waals surface area contributed by atoms with E-state index in [1.54, 1.807) is 45.8 Å². The van der Waals surface area contributed by atoms with Gasteiger partial charge in [0.15, 0.2) is 11.0 Å². The third kappa shape index (κ3) is 3.95. The molecule has 9 heteroatoms. The summed E-state index contributed by atoms with van der Waals surface area (Å²) >= 11 is 6.82. The molecule has 0 unspecified atom stereocenters. The predicted octanol–water partition coefficient (Wildman–Crippen LogP) is 5.66. The van der Waals surface area contributed by atoms with Gasteiger partial charge in [0.2, 0.25) is 0 Å². The van der Waals surface area contributed by atoms with E-state index >= 15 is 0 Å². The molecule has 0 spiro atoms. The molecule has 4 aromatic heterocycles. The Labute approximate surface area is 179 Å². The molecule has 0 saturated carbocycles. The molecule has 5 rings (SSSR count). The maximum absolute atomic E-state index is 5.87. The largest absolute Gasteiger partial charge is 0.376 e. The van der Waals surface area contributed by atoms with Gasteiger partial charge in [0.05, 0.1) is 28.1 Å². The fourth-order valence-electron chi connectivity index (χ4n) is 3.17. The molecular formula is C19H18N4OS4. The molecule has 1 saturated heterocycles. The van der Waals surface area contributed by atoms with E-state index in [0.717, 1.165) is 58.3 Å². The number of ether oxygens (including phenoxy) is 1. The highest BCUT2D eigenvalue weighted by Crippen LogP contribution is 2.32. The molecule has 0 N–H and O–H groups in total. The van der Waals surface area contributed by atoms with Gasteiger partial charge >= 0.3 is 0 Å². The summed E-state index contributed by atoms with van der Waals surface area (Å²) in [5.41, 5.74) is 1.09. The lowest BCUT2D eigenvalue weighted by molar-refractivity contribution is 0.0953. The molecule has 0 aromatic carbocycles. The van der Waals surface area contributed by atoms with Gasteiger partial charge in [0, 0.05) is 17.7 Å². The third-order valence-corrected chi connectivity index (χ3v) is 8.30. The summed E-state index contributed by atoms with van der Waals surface area (Å²) < 4.78 is 8.09. The lowest BCUT2D eigenvalue weighted by Crippen LogP contribution is -2.16. The van der Waals surface area contributed by atoms with Crippen LogP contribution in [0.25, 0.3) is 20.6 Å². The second-order valence-corrected chi connectivity index (χ2v) is 10.1. The van der Waals surface area contributed by atoms with Gasteiger partial charge in [0.1, 0.15) is 5.01 Å². The van der Waals surface area contributed by atoms with Crippen LogP contribution in [0.4, 0.5) is 0 Å². The smallest absolute Gasteiger partial charge is 0.191 e. The molecule has 5 heterocycles. The van der Waals surface area contributed by atoms with Crippen LogP contribution in [-0.4, -0.2) is 32.5 Å². The second-order valence-electron chi connectivity index (χ2n) is 6.44. The van der Waals surface area contributed by atoms with Crippen LogP contribution in [0.3, 0.4) is 0 Å². The topological polar surface area (TPSA) is 52.8 Å². The number of rotatable bonds is 7. The summed E-state index contributed by atoms with van der Waals surface area (Å²) in [6.07, 6.45) is 2.48. The lowest BCUT2D eigenvalue weighted by atomic mass is 10.2. The number of hydrogen-bond acceptors (Lipinski definition) is 8. The van der Waals surface area contributed by atoms with Crippen molar-refractivity contribution in [2.45, 2.75) is 36.4 Å². The number of nitrogens with zero attached hydrogens (tertiary/aromatic N) is 4. The molecule has 4 aromatic rings. The first-order chi connectivity index (χ1) is 13.9. The van der Waals surface area contributed by atoms with Crippen molar-refractivity contribution in [1.82, 2.24) is 19.7 Å². The SMILES string of the molecule is c1csc(-c2nc(CSc3nnc(-c4cccs4)n3C[C@H]3CCCO3)cs2)c1. The minimum absolute atomic E-state index is 0.249. The molecule has 0 amide bonds. The van der Waals surface area contributed by atoms with Crippen molar-refractivity contribution < 1.29 is 4.74 Å². The van der Waals surface area contributed by atoms with Crippen LogP contribution in [0, 0.1) is 0 Å². The standard InChI is InChI=1S/C19H18N4OS4/c1-4-14(24-7-1)10-23-17(15-5-2-8-25-15)21-22-19(23)28-12-13-11-27-18(20-13)16-6-3-9-26-16/h2-3,5-6,8-9,11,14H,1,4,7,10,12H2/t14-/m1/s1. The average molecular weight is 447 g/mol. The Hall–Kier alpha value is -1.52. The molecule has 5 nitrogen and oxygen atoms in total. The molecular weight excluding hydrogens is 429 g/mol. The second kappa shape index (κ2) is 8.46. The summed E-state index contributed by atoms with van der Waals surface area (Å²) in [7, 11) is 0. The van der Waals surface area contributed by atoms with Crippen LogP contribution >= 0.6 is 45.8 Å². The fraction of sp³-hybridized carbons (Fsp3) is 0.316. The van der Waals surface area contributed by atoms with Crippen LogP contribution in [-0.2, 0) is 17.0 Å². The van der Waals surface area contributed by atoms with Crippen molar-refractivity contribution in [3.05, 3.63) is 46.1 Å².